The summed E-state index contributed by atoms with van der Waals surface area (Å²) in [5.41, 5.74) is 0.409. The van der Waals surface area contributed by atoms with E-state index in [1.807, 2.05) is 0 Å². The minimum Gasteiger partial charge on any atom is -0.376 e. The van der Waals surface area contributed by atoms with Gasteiger partial charge in [-0.3, -0.25) is 0 Å². The molecule has 1 aliphatic carbocycles. The molecule has 0 spiro atoms. The molecule has 0 heterocycles. The molecule has 1 rings (SSSR count). The Bertz CT molecular complexity index is 271. The maximum atomic E-state index is 6.40. The van der Waals surface area contributed by atoms with Gasteiger partial charge in [-0.1, -0.05) is 53.9 Å². The third-order valence-electron chi connectivity index (χ3n) is 5.48. The van der Waals surface area contributed by atoms with Crippen LogP contribution in [0.25, 0.3) is 0 Å². The summed E-state index contributed by atoms with van der Waals surface area (Å²) in [4.78, 5) is 0. The smallest absolute Gasteiger partial charge is 0.0730 e. The molecule has 21 heavy (non-hydrogen) atoms. The van der Waals surface area contributed by atoms with Gasteiger partial charge >= 0.3 is 0 Å². The minimum atomic E-state index is 0.406. The van der Waals surface area contributed by atoms with Crippen LogP contribution in [0.4, 0.5) is 0 Å². The van der Waals surface area contributed by atoms with Crippen molar-refractivity contribution in [2.24, 2.45) is 17.3 Å². The van der Waals surface area contributed by atoms with Crippen LogP contribution in [-0.4, -0.2) is 25.8 Å². The molecule has 1 N–H and O–H groups in total. The molecule has 0 aromatic carbocycles. The lowest BCUT2D eigenvalue weighted by Crippen LogP contribution is -2.46. The molecule has 0 amide bonds. The average molecular weight is 298 g/mol. The Hall–Kier alpha value is -0.0800. The number of rotatable bonds is 8. The molecule has 126 valence electrons. The van der Waals surface area contributed by atoms with Crippen LogP contribution in [0, 0.1) is 17.3 Å². The second-order valence-corrected chi connectivity index (χ2v) is 8.06. The highest BCUT2D eigenvalue weighted by Gasteiger charge is 2.36. The van der Waals surface area contributed by atoms with E-state index in [9.17, 15) is 0 Å². The maximum Gasteiger partial charge on any atom is 0.0730 e. The zero-order valence-corrected chi connectivity index (χ0v) is 15.4. The average Bonchev–Trinajstić information content (AvgIpc) is 2.46. The number of unbranched alkanes of at least 4 members (excludes halogenated alkanes) is 1. The fourth-order valence-electron chi connectivity index (χ4n) is 3.59. The first kappa shape index (κ1) is 19.0. The van der Waals surface area contributed by atoms with Crippen LogP contribution in [0.5, 0.6) is 0 Å². The Morgan fingerprint density at radius 2 is 1.90 bits per heavy atom. The summed E-state index contributed by atoms with van der Waals surface area (Å²) in [7, 11) is 2.09. The van der Waals surface area contributed by atoms with Gasteiger partial charge in [0.15, 0.2) is 0 Å². The van der Waals surface area contributed by atoms with Gasteiger partial charge in [0.05, 0.1) is 6.10 Å². The van der Waals surface area contributed by atoms with E-state index in [-0.39, 0.29) is 0 Å². The topological polar surface area (TPSA) is 21.3 Å². The van der Waals surface area contributed by atoms with Gasteiger partial charge in [0.25, 0.3) is 0 Å². The molecule has 0 aromatic rings. The van der Waals surface area contributed by atoms with E-state index in [2.05, 4.69) is 47.0 Å². The SMILES string of the molecule is CCCCC(CC)COC1CC(C(C)(C)C)CCC1NC. The summed E-state index contributed by atoms with van der Waals surface area (Å²) in [6.45, 7) is 12.7. The highest BCUT2D eigenvalue weighted by molar-refractivity contribution is 4.89. The summed E-state index contributed by atoms with van der Waals surface area (Å²) in [5.74, 6) is 1.54. The van der Waals surface area contributed by atoms with Crippen molar-refractivity contribution in [3.63, 3.8) is 0 Å². The molecule has 2 heteroatoms. The zero-order valence-electron chi connectivity index (χ0n) is 15.4. The van der Waals surface area contributed by atoms with Crippen molar-refractivity contribution >= 4 is 0 Å². The Kier molecular flexibility index (Phi) is 8.26. The lowest BCUT2D eigenvalue weighted by atomic mass is 9.70. The van der Waals surface area contributed by atoms with Crippen molar-refractivity contribution in [3.05, 3.63) is 0 Å². The van der Waals surface area contributed by atoms with E-state index in [1.54, 1.807) is 0 Å². The molecule has 0 aromatic heterocycles. The summed E-state index contributed by atoms with van der Waals surface area (Å²) >= 11 is 0. The van der Waals surface area contributed by atoms with Crippen molar-refractivity contribution in [2.75, 3.05) is 13.7 Å². The number of ether oxygens (including phenoxy) is 1. The van der Waals surface area contributed by atoms with Gasteiger partial charge in [-0.15, -0.1) is 0 Å². The van der Waals surface area contributed by atoms with Crippen LogP contribution >= 0.6 is 0 Å². The first-order chi connectivity index (χ1) is 9.92. The lowest BCUT2D eigenvalue weighted by Gasteiger charge is -2.42. The van der Waals surface area contributed by atoms with E-state index in [0.717, 1.165) is 18.4 Å². The van der Waals surface area contributed by atoms with Crippen molar-refractivity contribution < 1.29 is 4.74 Å². The molecular weight excluding hydrogens is 258 g/mol. The molecule has 1 aliphatic rings. The Labute approximate surface area is 133 Å². The van der Waals surface area contributed by atoms with Crippen molar-refractivity contribution in [1.82, 2.24) is 5.32 Å². The largest absolute Gasteiger partial charge is 0.376 e. The molecule has 1 fully saturated rings. The molecular formula is C19H39NO. The van der Waals surface area contributed by atoms with Gasteiger partial charge in [0, 0.05) is 12.6 Å². The van der Waals surface area contributed by atoms with Crippen molar-refractivity contribution in [1.29, 1.82) is 0 Å². The third-order valence-corrected chi connectivity index (χ3v) is 5.48. The number of hydrogen-bond donors (Lipinski definition) is 1. The fraction of sp³-hybridized carbons (Fsp3) is 1.00. The standard InChI is InChI=1S/C19H39NO/c1-7-9-10-15(8-2)14-21-18-13-16(19(3,4)5)11-12-17(18)20-6/h15-18,20H,7-14H2,1-6H3. The number of nitrogens with one attached hydrogen (secondary N) is 1. The van der Waals surface area contributed by atoms with Gasteiger partial charge in [-0.2, -0.15) is 0 Å². The summed E-state index contributed by atoms with van der Waals surface area (Å²) in [5, 5.41) is 3.49. The van der Waals surface area contributed by atoms with Crippen LogP contribution in [-0.2, 0) is 4.74 Å². The second kappa shape index (κ2) is 9.15. The lowest BCUT2D eigenvalue weighted by molar-refractivity contribution is -0.0407. The first-order valence-electron chi connectivity index (χ1n) is 9.21. The number of likely N-dealkylation sites (N-methyl/N-ethyl adjacent to an activating group) is 1. The molecule has 4 unspecified atom stereocenters. The van der Waals surface area contributed by atoms with Gasteiger partial charge < -0.3 is 10.1 Å². The summed E-state index contributed by atoms with van der Waals surface area (Å²) in [6, 6.07) is 0.548. The molecule has 4 atom stereocenters. The Morgan fingerprint density at radius 3 is 2.43 bits per heavy atom. The number of hydrogen-bond acceptors (Lipinski definition) is 2. The van der Waals surface area contributed by atoms with E-state index in [0.29, 0.717) is 17.6 Å². The zero-order chi connectivity index (χ0) is 15.9. The van der Waals surface area contributed by atoms with Crippen LogP contribution in [0.2, 0.25) is 0 Å². The predicted octanol–water partition coefficient (Wildman–Crippen LogP) is 5.02. The molecule has 0 bridgehead atoms. The molecule has 0 radical (unpaired) electrons. The first-order valence-corrected chi connectivity index (χ1v) is 9.21. The molecule has 2 nitrogen and oxygen atoms in total. The van der Waals surface area contributed by atoms with Crippen molar-refractivity contribution in [2.45, 2.75) is 91.7 Å². The summed E-state index contributed by atoms with van der Waals surface area (Å²) in [6.07, 6.45) is 9.43. The molecule has 0 saturated heterocycles. The fourth-order valence-corrected chi connectivity index (χ4v) is 3.59. The normalized spacial score (nSPS) is 28.6. The summed E-state index contributed by atoms with van der Waals surface area (Å²) < 4.78 is 6.40. The van der Waals surface area contributed by atoms with Gasteiger partial charge in [0.2, 0.25) is 0 Å². The van der Waals surface area contributed by atoms with Crippen LogP contribution in [0.15, 0.2) is 0 Å². The Balaban J connectivity index is 2.51. The van der Waals surface area contributed by atoms with Crippen molar-refractivity contribution in [3.8, 4) is 0 Å². The maximum absolute atomic E-state index is 6.40. The van der Waals surface area contributed by atoms with Gasteiger partial charge in [-0.05, 0) is 50.0 Å². The highest BCUT2D eigenvalue weighted by atomic mass is 16.5. The molecule has 1 saturated carbocycles. The minimum absolute atomic E-state index is 0.406. The monoisotopic (exact) mass is 297 g/mol. The van der Waals surface area contributed by atoms with E-state index >= 15 is 0 Å². The highest BCUT2D eigenvalue weighted by Crippen LogP contribution is 2.39. The van der Waals surface area contributed by atoms with E-state index < -0.39 is 0 Å². The van der Waals surface area contributed by atoms with Crippen LogP contribution in [0.3, 0.4) is 0 Å². The molecule has 0 aliphatic heterocycles. The quantitative estimate of drug-likeness (QED) is 0.679. The predicted molar refractivity (Wildman–Crippen MR) is 92.7 cm³/mol. The third kappa shape index (κ3) is 6.28. The van der Waals surface area contributed by atoms with Gasteiger partial charge in [0.1, 0.15) is 0 Å². The van der Waals surface area contributed by atoms with Gasteiger partial charge in [-0.25, -0.2) is 0 Å². The van der Waals surface area contributed by atoms with E-state index in [1.165, 1.54) is 44.9 Å². The van der Waals surface area contributed by atoms with Crippen LogP contribution in [0.1, 0.15) is 79.6 Å². The van der Waals surface area contributed by atoms with Crippen LogP contribution < -0.4 is 5.32 Å². The second-order valence-electron chi connectivity index (χ2n) is 8.06. The Morgan fingerprint density at radius 1 is 1.19 bits per heavy atom. The van der Waals surface area contributed by atoms with E-state index in [4.69, 9.17) is 4.74 Å².